The maximum absolute atomic E-state index is 13.4. The number of rotatable bonds is 5. The Bertz CT molecular complexity index is 657. The number of halogens is 1. The molecule has 2 aromatic rings. The van der Waals surface area contributed by atoms with Crippen LogP contribution in [0.15, 0.2) is 18.2 Å². The van der Waals surface area contributed by atoms with Gasteiger partial charge in [0.25, 0.3) is 5.69 Å². The highest BCUT2D eigenvalue weighted by Gasteiger charge is 2.21. The molecule has 1 N–H and O–H groups in total. The Morgan fingerprint density at radius 1 is 1.40 bits per heavy atom. The molecule has 1 aromatic carbocycles. The molecule has 0 aliphatic heterocycles. The monoisotopic (exact) mass is 294 g/mol. The van der Waals surface area contributed by atoms with Gasteiger partial charge in [0.2, 0.25) is 0 Å². The molecule has 6 nitrogen and oxygen atoms in total. The number of nitrogens with one attached hydrogen (secondary N) is 1. The molecule has 0 bridgehead atoms. The quantitative estimate of drug-likeness (QED) is 0.677. The van der Waals surface area contributed by atoms with Crippen LogP contribution in [0, 0.1) is 15.9 Å². The van der Waals surface area contributed by atoms with Gasteiger partial charge in [0.15, 0.2) is 0 Å². The Morgan fingerprint density at radius 2 is 2.20 bits per heavy atom. The Morgan fingerprint density at radius 3 is 2.90 bits per heavy atom. The molecule has 1 fully saturated rings. The van der Waals surface area contributed by atoms with E-state index in [1.54, 1.807) is 0 Å². The van der Waals surface area contributed by atoms with Crippen molar-refractivity contribution in [2.45, 2.75) is 25.4 Å². The highest BCUT2D eigenvalue weighted by Crippen LogP contribution is 2.28. The van der Waals surface area contributed by atoms with Crippen LogP contribution < -0.4 is 5.32 Å². The van der Waals surface area contributed by atoms with E-state index in [0.717, 1.165) is 11.1 Å². The lowest BCUT2D eigenvalue weighted by Crippen LogP contribution is -2.14. The van der Waals surface area contributed by atoms with E-state index in [9.17, 15) is 14.5 Å². The number of aromatic nitrogens is 2. The number of hydrogen-bond donors (Lipinski definition) is 1. The van der Waals surface area contributed by atoms with Crippen LogP contribution >= 0.6 is 11.3 Å². The fourth-order valence-corrected chi connectivity index (χ4v) is 2.54. The van der Waals surface area contributed by atoms with E-state index in [1.165, 1.54) is 36.3 Å². The highest BCUT2D eigenvalue weighted by molar-refractivity contribution is 7.14. The fourth-order valence-electron chi connectivity index (χ4n) is 1.76. The lowest BCUT2D eigenvalue weighted by Gasteiger charge is -1.97. The lowest BCUT2D eigenvalue weighted by atomic mass is 10.2. The SMILES string of the molecule is O=[N+]([O-])c1cc(F)cc(-c2nnc(CNC3CC3)s2)c1. The van der Waals surface area contributed by atoms with Crippen LogP contribution in [0.2, 0.25) is 0 Å². The van der Waals surface area contributed by atoms with Crippen LogP contribution in [-0.4, -0.2) is 21.2 Å². The first-order chi connectivity index (χ1) is 9.61. The summed E-state index contributed by atoms with van der Waals surface area (Å²) in [6, 6.07) is 3.99. The summed E-state index contributed by atoms with van der Waals surface area (Å²) in [5.41, 5.74) is 0.0970. The van der Waals surface area contributed by atoms with E-state index in [-0.39, 0.29) is 5.69 Å². The first kappa shape index (κ1) is 13.1. The molecule has 0 unspecified atom stereocenters. The van der Waals surface area contributed by atoms with Crippen molar-refractivity contribution >= 4 is 17.0 Å². The topological polar surface area (TPSA) is 81.0 Å². The van der Waals surface area contributed by atoms with Gasteiger partial charge in [0, 0.05) is 24.2 Å². The van der Waals surface area contributed by atoms with Gasteiger partial charge < -0.3 is 5.32 Å². The molecular formula is C12H11FN4O2S. The summed E-state index contributed by atoms with van der Waals surface area (Å²) in [6.45, 7) is 0.625. The third kappa shape index (κ3) is 2.97. The van der Waals surface area contributed by atoms with Crippen LogP contribution in [0.5, 0.6) is 0 Å². The van der Waals surface area contributed by atoms with E-state index in [1.807, 2.05) is 0 Å². The van der Waals surface area contributed by atoms with Gasteiger partial charge in [-0.1, -0.05) is 11.3 Å². The molecule has 0 saturated heterocycles. The molecule has 0 atom stereocenters. The van der Waals surface area contributed by atoms with Gasteiger partial charge in [0.05, 0.1) is 11.0 Å². The zero-order valence-corrected chi connectivity index (χ0v) is 11.2. The highest BCUT2D eigenvalue weighted by atomic mass is 32.1. The van der Waals surface area contributed by atoms with Gasteiger partial charge in [-0.15, -0.1) is 10.2 Å². The zero-order valence-electron chi connectivity index (χ0n) is 10.4. The van der Waals surface area contributed by atoms with Crippen LogP contribution in [0.3, 0.4) is 0 Å². The minimum atomic E-state index is -0.651. The van der Waals surface area contributed by atoms with Crippen molar-refractivity contribution in [3.63, 3.8) is 0 Å². The first-order valence-electron chi connectivity index (χ1n) is 6.13. The van der Waals surface area contributed by atoms with Gasteiger partial charge in [-0.3, -0.25) is 10.1 Å². The summed E-state index contributed by atoms with van der Waals surface area (Å²) < 4.78 is 13.4. The zero-order chi connectivity index (χ0) is 14.1. The number of nitrogens with zero attached hydrogens (tertiary/aromatic N) is 3. The predicted octanol–water partition coefficient (Wildman–Crippen LogP) is 2.50. The Labute approximate surface area is 117 Å². The molecule has 1 saturated carbocycles. The van der Waals surface area contributed by atoms with Gasteiger partial charge in [-0.05, 0) is 18.9 Å². The summed E-state index contributed by atoms with van der Waals surface area (Å²) >= 11 is 1.31. The summed E-state index contributed by atoms with van der Waals surface area (Å²) in [6.07, 6.45) is 2.36. The number of hydrogen-bond acceptors (Lipinski definition) is 6. The van der Waals surface area contributed by atoms with Crippen LogP contribution in [0.1, 0.15) is 17.8 Å². The van der Waals surface area contributed by atoms with E-state index in [2.05, 4.69) is 15.5 Å². The molecule has 8 heteroatoms. The summed E-state index contributed by atoms with van der Waals surface area (Å²) in [4.78, 5) is 10.1. The molecule has 0 spiro atoms. The van der Waals surface area contributed by atoms with Crippen LogP contribution in [0.25, 0.3) is 10.6 Å². The second-order valence-electron chi connectivity index (χ2n) is 4.61. The normalized spacial score (nSPS) is 14.4. The van der Waals surface area contributed by atoms with Crippen molar-refractivity contribution in [3.8, 4) is 10.6 Å². The van der Waals surface area contributed by atoms with Crippen molar-refractivity contribution in [2.75, 3.05) is 0 Å². The second-order valence-corrected chi connectivity index (χ2v) is 5.67. The van der Waals surface area contributed by atoms with Gasteiger partial charge in [0.1, 0.15) is 15.8 Å². The average molecular weight is 294 g/mol. The predicted molar refractivity (Wildman–Crippen MR) is 71.8 cm³/mol. The average Bonchev–Trinajstić information content (AvgIpc) is 3.12. The second kappa shape index (κ2) is 5.22. The molecule has 1 aromatic heterocycles. The number of benzene rings is 1. The van der Waals surface area contributed by atoms with Crippen molar-refractivity contribution in [2.24, 2.45) is 0 Å². The molecule has 104 valence electrons. The fraction of sp³-hybridized carbons (Fsp3) is 0.333. The largest absolute Gasteiger partial charge is 0.308 e. The minimum absolute atomic E-state index is 0.284. The van der Waals surface area contributed by atoms with E-state index >= 15 is 0 Å². The molecule has 1 aliphatic carbocycles. The molecule has 0 amide bonds. The molecule has 0 radical (unpaired) electrons. The molecule has 1 heterocycles. The Balaban J connectivity index is 1.82. The maximum atomic E-state index is 13.4. The smallest absolute Gasteiger partial charge is 0.273 e. The van der Waals surface area contributed by atoms with E-state index < -0.39 is 10.7 Å². The molecule has 20 heavy (non-hydrogen) atoms. The van der Waals surface area contributed by atoms with Crippen LogP contribution in [-0.2, 0) is 6.54 Å². The van der Waals surface area contributed by atoms with Crippen molar-refractivity contribution < 1.29 is 9.31 Å². The third-order valence-electron chi connectivity index (χ3n) is 2.93. The van der Waals surface area contributed by atoms with E-state index in [0.29, 0.717) is 23.2 Å². The molecular weight excluding hydrogens is 283 g/mol. The van der Waals surface area contributed by atoms with Gasteiger partial charge in [-0.2, -0.15) is 0 Å². The molecule has 1 aliphatic rings. The summed E-state index contributed by atoms with van der Waals surface area (Å²) in [5.74, 6) is -0.651. The Hall–Kier alpha value is -1.93. The summed E-state index contributed by atoms with van der Waals surface area (Å²) in [5, 5.41) is 23.3. The third-order valence-corrected chi connectivity index (χ3v) is 3.90. The Kier molecular flexibility index (Phi) is 3.41. The van der Waals surface area contributed by atoms with Gasteiger partial charge in [-0.25, -0.2) is 4.39 Å². The summed E-state index contributed by atoms with van der Waals surface area (Å²) in [7, 11) is 0. The molecule has 3 rings (SSSR count). The van der Waals surface area contributed by atoms with Crippen molar-refractivity contribution in [1.29, 1.82) is 0 Å². The van der Waals surface area contributed by atoms with Crippen molar-refractivity contribution in [3.05, 3.63) is 39.1 Å². The standard InChI is InChI=1S/C12H11FN4O2S/c13-8-3-7(4-10(5-8)17(18)19)12-16-15-11(20-12)6-14-9-1-2-9/h3-5,9,14H,1-2,6H2. The maximum Gasteiger partial charge on any atom is 0.273 e. The lowest BCUT2D eigenvalue weighted by molar-refractivity contribution is -0.385. The van der Waals surface area contributed by atoms with Gasteiger partial charge >= 0.3 is 0 Å². The first-order valence-corrected chi connectivity index (χ1v) is 6.94. The minimum Gasteiger partial charge on any atom is -0.308 e. The van der Waals surface area contributed by atoms with Crippen molar-refractivity contribution in [1.82, 2.24) is 15.5 Å². The van der Waals surface area contributed by atoms with E-state index in [4.69, 9.17) is 0 Å². The number of nitro benzene ring substituents is 1. The number of non-ortho nitro benzene ring substituents is 1. The van der Waals surface area contributed by atoms with Crippen LogP contribution in [0.4, 0.5) is 10.1 Å². The number of nitro groups is 1.